The zero-order chi connectivity index (χ0) is 9.38. The van der Waals surface area contributed by atoms with Crippen molar-refractivity contribution in [1.82, 2.24) is 15.1 Å². The highest BCUT2D eigenvalue weighted by Crippen LogP contribution is 2.39. The third kappa shape index (κ3) is 1.28. The molecule has 1 aliphatic rings. The molecular weight excluding hydrogens is 178 g/mol. The van der Waals surface area contributed by atoms with E-state index in [1.54, 1.807) is 0 Å². The number of aromatic nitrogens is 3. The molecule has 1 saturated carbocycles. The Balaban J connectivity index is 1.93. The minimum absolute atomic E-state index is 0.479. The maximum Gasteiger partial charge on any atom is 0.276 e. The summed E-state index contributed by atoms with van der Waals surface area (Å²) in [4.78, 5) is 8.22. The van der Waals surface area contributed by atoms with Crippen LogP contribution >= 0.6 is 0 Å². The summed E-state index contributed by atoms with van der Waals surface area (Å²) in [6.45, 7) is 0. The van der Waals surface area contributed by atoms with E-state index in [0.29, 0.717) is 5.89 Å². The van der Waals surface area contributed by atoms with Crippen molar-refractivity contribution >= 4 is 0 Å². The van der Waals surface area contributed by atoms with Gasteiger partial charge in [-0.05, 0) is 30.4 Å². The van der Waals surface area contributed by atoms with E-state index in [-0.39, 0.29) is 0 Å². The second kappa shape index (κ2) is 2.90. The number of hydrogen-bond acceptors (Lipinski definition) is 4. The molecule has 3 rings (SSSR count). The average molecular weight is 187 g/mol. The predicted octanol–water partition coefficient (Wildman–Crippen LogP) is 2.01. The SMILES string of the molecule is c1noc(-c2ccc(C3CC3)cn2)n1. The van der Waals surface area contributed by atoms with Gasteiger partial charge in [-0.25, -0.2) is 0 Å². The first-order valence-electron chi connectivity index (χ1n) is 4.66. The Bertz CT molecular complexity index is 417. The molecule has 0 bridgehead atoms. The Morgan fingerprint density at radius 1 is 1.21 bits per heavy atom. The fourth-order valence-electron chi connectivity index (χ4n) is 1.48. The summed E-state index contributed by atoms with van der Waals surface area (Å²) in [5.74, 6) is 1.21. The third-order valence-electron chi connectivity index (χ3n) is 2.42. The highest BCUT2D eigenvalue weighted by atomic mass is 16.5. The Morgan fingerprint density at radius 3 is 2.71 bits per heavy atom. The van der Waals surface area contributed by atoms with Crippen molar-refractivity contribution in [3.8, 4) is 11.6 Å². The number of nitrogens with zero attached hydrogens (tertiary/aromatic N) is 3. The maximum absolute atomic E-state index is 4.91. The maximum atomic E-state index is 4.91. The topological polar surface area (TPSA) is 51.8 Å². The summed E-state index contributed by atoms with van der Waals surface area (Å²) in [6.07, 6.45) is 5.87. The van der Waals surface area contributed by atoms with Gasteiger partial charge in [-0.1, -0.05) is 11.2 Å². The lowest BCUT2D eigenvalue weighted by atomic mass is 10.2. The van der Waals surface area contributed by atoms with Crippen LogP contribution in [0.3, 0.4) is 0 Å². The normalized spacial score (nSPS) is 15.7. The molecule has 4 heteroatoms. The molecule has 0 atom stereocenters. The smallest absolute Gasteiger partial charge is 0.276 e. The van der Waals surface area contributed by atoms with Crippen molar-refractivity contribution in [2.45, 2.75) is 18.8 Å². The Kier molecular flexibility index (Phi) is 1.59. The molecule has 0 spiro atoms. The van der Waals surface area contributed by atoms with Crippen LogP contribution in [-0.4, -0.2) is 15.1 Å². The molecule has 0 N–H and O–H groups in total. The summed E-state index contributed by atoms with van der Waals surface area (Å²) >= 11 is 0. The van der Waals surface area contributed by atoms with Gasteiger partial charge in [0.05, 0.1) is 0 Å². The van der Waals surface area contributed by atoms with Crippen molar-refractivity contribution in [3.05, 3.63) is 30.2 Å². The van der Waals surface area contributed by atoms with E-state index in [2.05, 4.69) is 21.2 Å². The van der Waals surface area contributed by atoms with E-state index < -0.39 is 0 Å². The van der Waals surface area contributed by atoms with Gasteiger partial charge in [0.15, 0.2) is 6.33 Å². The van der Waals surface area contributed by atoms with Crippen LogP contribution in [0.15, 0.2) is 29.2 Å². The molecule has 2 heterocycles. The highest BCUT2D eigenvalue weighted by molar-refractivity contribution is 5.46. The molecule has 70 valence electrons. The fraction of sp³-hybridized carbons (Fsp3) is 0.300. The quantitative estimate of drug-likeness (QED) is 0.721. The summed E-state index contributed by atoms with van der Waals surface area (Å²) < 4.78 is 4.91. The average Bonchev–Trinajstić information content (AvgIpc) is 2.94. The molecule has 2 aromatic heterocycles. The lowest BCUT2D eigenvalue weighted by Crippen LogP contribution is -1.86. The number of hydrogen-bond donors (Lipinski definition) is 0. The van der Waals surface area contributed by atoms with Crippen LogP contribution in [0.1, 0.15) is 24.3 Å². The van der Waals surface area contributed by atoms with Gasteiger partial charge in [-0.15, -0.1) is 0 Å². The first kappa shape index (κ1) is 7.67. The predicted molar refractivity (Wildman–Crippen MR) is 49.5 cm³/mol. The van der Waals surface area contributed by atoms with Crippen LogP contribution in [0.5, 0.6) is 0 Å². The van der Waals surface area contributed by atoms with Gasteiger partial charge in [0, 0.05) is 6.20 Å². The number of pyridine rings is 1. The van der Waals surface area contributed by atoms with Gasteiger partial charge >= 0.3 is 0 Å². The molecular formula is C10H9N3O. The first-order chi connectivity index (χ1) is 6.93. The van der Waals surface area contributed by atoms with Crippen LogP contribution in [-0.2, 0) is 0 Å². The Hall–Kier alpha value is -1.71. The van der Waals surface area contributed by atoms with Gasteiger partial charge in [-0.3, -0.25) is 4.98 Å². The van der Waals surface area contributed by atoms with Gasteiger partial charge in [-0.2, -0.15) is 4.98 Å². The molecule has 0 aromatic carbocycles. The van der Waals surface area contributed by atoms with Gasteiger partial charge in [0.25, 0.3) is 5.89 Å². The van der Waals surface area contributed by atoms with E-state index in [1.807, 2.05) is 12.3 Å². The van der Waals surface area contributed by atoms with E-state index >= 15 is 0 Å². The van der Waals surface area contributed by atoms with Gasteiger partial charge < -0.3 is 4.52 Å². The largest absolute Gasteiger partial charge is 0.333 e. The van der Waals surface area contributed by atoms with Crippen molar-refractivity contribution in [3.63, 3.8) is 0 Å². The lowest BCUT2D eigenvalue weighted by Gasteiger charge is -1.97. The van der Waals surface area contributed by atoms with E-state index in [0.717, 1.165) is 11.6 Å². The van der Waals surface area contributed by atoms with Gasteiger partial charge in [0.1, 0.15) is 5.69 Å². The molecule has 1 aliphatic carbocycles. The van der Waals surface area contributed by atoms with Crippen LogP contribution in [0.2, 0.25) is 0 Å². The molecule has 1 fully saturated rings. The summed E-state index contributed by atoms with van der Waals surface area (Å²) in [7, 11) is 0. The zero-order valence-electron chi connectivity index (χ0n) is 7.55. The molecule has 0 amide bonds. The monoisotopic (exact) mass is 187 g/mol. The standard InChI is InChI=1S/C10H9N3O/c1-2-7(1)8-3-4-9(11-5-8)10-12-6-13-14-10/h3-7H,1-2H2. The van der Waals surface area contributed by atoms with Gasteiger partial charge in [0.2, 0.25) is 0 Å². The fourth-order valence-corrected chi connectivity index (χ4v) is 1.48. The molecule has 14 heavy (non-hydrogen) atoms. The molecule has 4 nitrogen and oxygen atoms in total. The molecule has 2 aromatic rings. The Morgan fingerprint density at radius 2 is 2.14 bits per heavy atom. The molecule has 0 aliphatic heterocycles. The summed E-state index contributed by atoms with van der Waals surface area (Å²) in [5, 5.41) is 3.54. The second-order valence-electron chi connectivity index (χ2n) is 3.50. The lowest BCUT2D eigenvalue weighted by molar-refractivity contribution is 0.429. The van der Waals surface area contributed by atoms with E-state index in [1.165, 1.54) is 24.7 Å². The van der Waals surface area contributed by atoms with Crippen molar-refractivity contribution in [2.75, 3.05) is 0 Å². The van der Waals surface area contributed by atoms with Crippen LogP contribution < -0.4 is 0 Å². The Labute approximate surface area is 81.0 Å². The van der Waals surface area contributed by atoms with Crippen molar-refractivity contribution in [2.24, 2.45) is 0 Å². The second-order valence-corrected chi connectivity index (χ2v) is 3.50. The first-order valence-corrected chi connectivity index (χ1v) is 4.66. The minimum atomic E-state index is 0.479. The summed E-state index contributed by atoms with van der Waals surface area (Å²) in [5.41, 5.74) is 2.06. The molecule has 0 radical (unpaired) electrons. The van der Waals surface area contributed by atoms with Crippen LogP contribution in [0.4, 0.5) is 0 Å². The summed E-state index contributed by atoms with van der Waals surface area (Å²) in [6, 6.07) is 4.02. The molecule has 0 saturated heterocycles. The minimum Gasteiger partial charge on any atom is -0.333 e. The van der Waals surface area contributed by atoms with E-state index in [4.69, 9.17) is 4.52 Å². The van der Waals surface area contributed by atoms with Crippen molar-refractivity contribution in [1.29, 1.82) is 0 Å². The van der Waals surface area contributed by atoms with Crippen LogP contribution in [0, 0.1) is 0 Å². The highest BCUT2D eigenvalue weighted by Gasteiger charge is 2.23. The third-order valence-corrected chi connectivity index (χ3v) is 2.42. The number of rotatable bonds is 2. The van der Waals surface area contributed by atoms with Crippen LogP contribution in [0.25, 0.3) is 11.6 Å². The van der Waals surface area contributed by atoms with Crippen molar-refractivity contribution < 1.29 is 4.52 Å². The van der Waals surface area contributed by atoms with E-state index in [9.17, 15) is 0 Å². The molecule has 0 unspecified atom stereocenters. The zero-order valence-corrected chi connectivity index (χ0v) is 7.55.